The second-order valence-electron chi connectivity index (χ2n) is 4.43. The van der Waals surface area contributed by atoms with E-state index in [4.69, 9.17) is 4.74 Å². The van der Waals surface area contributed by atoms with Crippen LogP contribution in [0, 0.1) is 0 Å². The van der Waals surface area contributed by atoms with Crippen molar-refractivity contribution in [2.75, 3.05) is 33.4 Å². The fourth-order valence-electron chi connectivity index (χ4n) is 2.04. The summed E-state index contributed by atoms with van der Waals surface area (Å²) in [5.74, 6) is 0. The van der Waals surface area contributed by atoms with E-state index < -0.39 is 6.10 Å². The van der Waals surface area contributed by atoms with Crippen LogP contribution in [0.5, 0.6) is 0 Å². The number of halogens is 1. The van der Waals surface area contributed by atoms with Crippen LogP contribution in [0.15, 0.2) is 10.7 Å². The van der Waals surface area contributed by atoms with Crippen molar-refractivity contribution in [3.05, 3.63) is 16.4 Å². The molecule has 1 atom stereocenters. The quantitative estimate of drug-likeness (QED) is 0.751. The Hall–Kier alpha value is -0.430. The fourth-order valence-corrected chi connectivity index (χ4v) is 2.60. The summed E-state index contributed by atoms with van der Waals surface area (Å²) in [5, 5.41) is 14.6. The largest absolute Gasteiger partial charge is 0.387 e. The first-order valence-corrected chi connectivity index (χ1v) is 7.53. The Morgan fingerprint density at radius 1 is 1.47 bits per heavy atom. The molecule has 0 radical (unpaired) electrons. The molecule has 0 aliphatic rings. The predicted octanol–water partition coefficient (Wildman–Crippen LogP) is 2.06. The zero-order valence-electron chi connectivity index (χ0n) is 12.0. The Kier molecular flexibility index (Phi) is 7.60. The molecule has 110 valence electrons. The van der Waals surface area contributed by atoms with Crippen LogP contribution in [0.2, 0.25) is 0 Å². The minimum absolute atomic E-state index is 0.505. The van der Waals surface area contributed by atoms with Crippen molar-refractivity contribution < 1.29 is 9.84 Å². The van der Waals surface area contributed by atoms with E-state index in [0.717, 1.165) is 29.8 Å². The summed E-state index contributed by atoms with van der Waals surface area (Å²) in [4.78, 5) is 2.30. The average Bonchev–Trinajstić information content (AvgIpc) is 2.78. The van der Waals surface area contributed by atoms with Crippen LogP contribution in [-0.2, 0) is 11.3 Å². The van der Waals surface area contributed by atoms with E-state index in [1.165, 1.54) is 0 Å². The molecule has 1 rings (SSSR count). The first-order chi connectivity index (χ1) is 9.13. The number of rotatable bonds is 9. The van der Waals surface area contributed by atoms with Gasteiger partial charge in [-0.3, -0.25) is 4.68 Å². The molecule has 0 aliphatic heterocycles. The van der Waals surface area contributed by atoms with Gasteiger partial charge in [0.2, 0.25) is 0 Å². The van der Waals surface area contributed by atoms with E-state index in [1.807, 2.05) is 0 Å². The molecule has 0 amide bonds. The van der Waals surface area contributed by atoms with Crippen LogP contribution >= 0.6 is 15.9 Å². The molecule has 0 spiro atoms. The zero-order chi connectivity index (χ0) is 14.3. The van der Waals surface area contributed by atoms with Crippen molar-refractivity contribution in [2.24, 2.45) is 0 Å². The summed E-state index contributed by atoms with van der Waals surface area (Å²) in [6.07, 6.45) is 1.93. The third-order valence-electron chi connectivity index (χ3n) is 3.27. The van der Waals surface area contributed by atoms with Crippen molar-refractivity contribution in [3.63, 3.8) is 0 Å². The highest BCUT2D eigenvalue weighted by atomic mass is 79.9. The third-order valence-corrected chi connectivity index (χ3v) is 3.88. The van der Waals surface area contributed by atoms with Gasteiger partial charge < -0.3 is 14.7 Å². The van der Waals surface area contributed by atoms with Gasteiger partial charge >= 0.3 is 0 Å². The summed E-state index contributed by atoms with van der Waals surface area (Å²) in [6.45, 7) is 8.41. The molecule has 1 heterocycles. The Morgan fingerprint density at radius 3 is 2.74 bits per heavy atom. The second kappa shape index (κ2) is 8.68. The monoisotopic (exact) mass is 333 g/mol. The standard InChI is InChI=1S/C13H24BrN3O2/c1-4-16(5-2)7-6-12(18)13-11(14)10-15-17(13)8-9-19-3/h10,12,18H,4-9H2,1-3H3. The summed E-state index contributed by atoms with van der Waals surface area (Å²) in [5.41, 5.74) is 0.837. The van der Waals surface area contributed by atoms with Crippen molar-refractivity contribution >= 4 is 15.9 Å². The number of hydrogen-bond donors (Lipinski definition) is 1. The van der Waals surface area contributed by atoms with Gasteiger partial charge in [0.15, 0.2) is 0 Å². The molecule has 0 saturated carbocycles. The van der Waals surface area contributed by atoms with Gasteiger partial charge in [0, 0.05) is 13.7 Å². The van der Waals surface area contributed by atoms with E-state index in [-0.39, 0.29) is 0 Å². The summed E-state index contributed by atoms with van der Waals surface area (Å²) in [6, 6.07) is 0. The average molecular weight is 334 g/mol. The number of aliphatic hydroxyl groups excluding tert-OH is 1. The number of nitrogens with zero attached hydrogens (tertiary/aromatic N) is 3. The predicted molar refractivity (Wildman–Crippen MR) is 79.2 cm³/mol. The molecule has 0 aromatic carbocycles. The normalized spacial score (nSPS) is 13.2. The SMILES string of the molecule is CCN(CC)CCC(O)c1c(Br)cnn1CCOC. The van der Waals surface area contributed by atoms with Crippen molar-refractivity contribution in [2.45, 2.75) is 32.9 Å². The van der Waals surface area contributed by atoms with Crippen LogP contribution in [0.25, 0.3) is 0 Å². The summed E-state index contributed by atoms with van der Waals surface area (Å²) >= 11 is 3.45. The molecule has 0 fully saturated rings. The van der Waals surface area contributed by atoms with E-state index in [9.17, 15) is 5.11 Å². The number of aromatic nitrogens is 2. The molecule has 1 N–H and O–H groups in total. The number of ether oxygens (including phenoxy) is 1. The van der Waals surface area contributed by atoms with Gasteiger partial charge in [-0.15, -0.1) is 0 Å². The number of methoxy groups -OCH3 is 1. The highest BCUT2D eigenvalue weighted by molar-refractivity contribution is 9.10. The fraction of sp³-hybridized carbons (Fsp3) is 0.769. The van der Waals surface area contributed by atoms with Gasteiger partial charge in [0.25, 0.3) is 0 Å². The summed E-state index contributed by atoms with van der Waals surface area (Å²) in [7, 11) is 1.66. The smallest absolute Gasteiger partial charge is 0.0980 e. The maximum absolute atomic E-state index is 10.4. The number of hydrogen-bond acceptors (Lipinski definition) is 4. The molecule has 1 aromatic rings. The number of aliphatic hydroxyl groups is 1. The Morgan fingerprint density at radius 2 is 2.16 bits per heavy atom. The minimum atomic E-state index is -0.505. The van der Waals surface area contributed by atoms with Crippen LogP contribution in [0.1, 0.15) is 32.1 Å². The highest BCUT2D eigenvalue weighted by Crippen LogP contribution is 2.25. The molecule has 1 unspecified atom stereocenters. The Bertz CT molecular complexity index is 367. The Balaban J connectivity index is 2.64. The molecule has 1 aromatic heterocycles. The molecule has 0 aliphatic carbocycles. The Labute approximate surface area is 123 Å². The van der Waals surface area contributed by atoms with Crippen molar-refractivity contribution in [1.29, 1.82) is 0 Å². The molecule has 0 bridgehead atoms. The van der Waals surface area contributed by atoms with Gasteiger partial charge in [-0.25, -0.2) is 0 Å². The molecular formula is C13H24BrN3O2. The van der Waals surface area contributed by atoms with Gasteiger partial charge in [-0.1, -0.05) is 13.8 Å². The topological polar surface area (TPSA) is 50.5 Å². The summed E-state index contributed by atoms with van der Waals surface area (Å²) < 4.78 is 7.72. The highest BCUT2D eigenvalue weighted by Gasteiger charge is 2.18. The second-order valence-corrected chi connectivity index (χ2v) is 5.28. The molecular weight excluding hydrogens is 310 g/mol. The van der Waals surface area contributed by atoms with E-state index in [2.05, 4.69) is 39.8 Å². The first-order valence-electron chi connectivity index (χ1n) is 6.74. The van der Waals surface area contributed by atoms with Crippen LogP contribution in [0.4, 0.5) is 0 Å². The van der Waals surface area contributed by atoms with Crippen LogP contribution in [-0.4, -0.2) is 53.1 Å². The van der Waals surface area contributed by atoms with Crippen molar-refractivity contribution in [1.82, 2.24) is 14.7 Å². The van der Waals surface area contributed by atoms with Crippen LogP contribution < -0.4 is 0 Å². The molecule has 5 nitrogen and oxygen atoms in total. The maximum atomic E-state index is 10.4. The molecule has 19 heavy (non-hydrogen) atoms. The molecule has 6 heteroatoms. The van der Waals surface area contributed by atoms with E-state index in [0.29, 0.717) is 19.6 Å². The minimum Gasteiger partial charge on any atom is -0.387 e. The van der Waals surface area contributed by atoms with Crippen molar-refractivity contribution in [3.8, 4) is 0 Å². The van der Waals surface area contributed by atoms with Gasteiger partial charge in [-0.2, -0.15) is 5.10 Å². The van der Waals surface area contributed by atoms with Gasteiger partial charge in [-0.05, 0) is 35.4 Å². The van der Waals surface area contributed by atoms with E-state index in [1.54, 1.807) is 18.0 Å². The van der Waals surface area contributed by atoms with Gasteiger partial charge in [0.05, 0.1) is 35.6 Å². The molecule has 0 saturated heterocycles. The van der Waals surface area contributed by atoms with E-state index >= 15 is 0 Å². The zero-order valence-corrected chi connectivity index (χ0v) is 13.6. The lowest BCUT2D eigenvalue weighted by Gasteiger charge is -2.20. The van der Waals surface area contributed by atoms with Crippen LogP contribution in [0.3, 0.4) is 0 Å². The lowest BCUT2D eigenvalue weighted by atomic mass is 10.1. The van der Waals surface area contributed by atoms with Gasteiger partial charge in [0.1, 0.15) is 0 Å². The lowest BCUT2D eigenvalue weighted by molar-refractivity contribution is 0.129. The first kappa shape index (κ1) is 16.6. The third kappa shape index (κ3) is 4.87. The maximum Gasteiger partial charge on any atom is 0.0980 e. The lowest BCUT2D eigenvalue weighted by Crippen LogP contribution is -2.26.